The van der Waals surface area contributed by atoms with Crippen molar-refractivity contribution in [3.05, 3.63) is 65.9 Å². The van der Waals surface area contributed by atoms with Crippen molar-refractivity contribution >= 4 is 33.7 Å². The number of benzene rings is 1. The topological polar surface area (TPSA) is 71.8 Å². The fraction of sp³-hybridized carbons (Fsp3) is 0.227. The minimum Gasteiger partial charge on any atom is -0.378 e. The molecular formula is C22H21N5O2S. The van der Waals surface area contributed by atoms with Crippen molar-refractivity contribution in [2.45, 2.75) is 6.42 Å². The Labute approximate surface area is 178 Å². The molecule has 1 amide bonds. The van der Waals surface area contributed by atoms with Crippen LogP contribution < -0.4 is 10.2 Å². The summed E-state index contributed by atoms with van der Waals surface area (Å²) in [5.74, 6) is 0.827. The number of pyridine rings is 1. The first-order valence-corrected chi connectivity index (χ1v) is 10.7. The maximum absolute atomic E-state index is 12.6. The Morgan fingerprint density at radius 1 is 1.13 bits per heavy atom. The van der Waals surface area contributed by atoms with Gasteiger partial charge in [-0.1, -0.05) is 30.3 Å². The molecule has 5 rings (SSSR count). The van der Waals surface area contributed by atoms with Gasteiger partial charge in [-0.2, -0.15) is 0 Å². The molecule has 4 aromatic rings. The molecule has 1 N–H and O–H groups in total. The van der Waals surface area contributed by atoms with E-state index in [1.165, 1.54) is 11.3 Å². The van der Waals surface area contributed by atoms with Crippen LogP contribution in [0.15, 0.2) is 60.2 Å². The van der Waals surface area contributed by atoms with Crippen molar-refractivity contribution in [1.29, 1.82) is 0 Å². The summed E-state index contributed by atoms with van der Waals surface area (Å²) in [5.41, 5.74) is 3.58. The van der Waals surface area contributed by atoms with Crippen LogP contribution in [0.3, 0.4) is 0 Å². The van der Waals surface area contributed by atoms with E-state index in [0.29, 0.717) is 5.69 Å². The van der Waals surface area contributed by atoms with E-state index in [4.69, 9.17) is 4.74 Å². The van der Waals surface area contributed by atoms with Crippen LogP contribution in [0, 0.1) is 0 Å². The molecule has 1 aliphatic heterocycles. The third kappa shape index (κ3) is 3.92. The van der Waals surface area contributed by atoms with E-state index >= 15 is 0 Å². The average Bonchev–Trinajstić information content (AvgIpc) is 3.38. The normalized spacial score (nSPS) is 14.2. The van der Waals surface area contributed by atoms with Crippen molar-refractivity contribution in [2.24, 2.45) is 0 Å². The SMILES string of the molecule is O=C(Cc1csc2nc(-c3ccccc3)cn12)Nc1ccc(N2CCOCC2)nc1. The Morgan fingerprint density at radius 3 is 2.73 bits per heavy atom. The zero-order chi connectivity index (χ0) is 20.3. The Kier molecular flexibility index (Phi) is 5.17. The van der Waals surface area contributed by atoms with E-state index in [9.17, 15) is 4.79 Å². The van der Waals surface area contributed by atoms with Gasteiger partial charge in [-0.3, -0.25) is 9.20 Å². The summed E-state index contributed by atoms with van der Waals surface area (Å²) in [6.45, 7) is 3.11. The Hall–Kier alpha value is -3.23. The Morgan fingerprint density at radius 2 is 1.97 bits per heavy atom. The quantitative estimate of drug-likeness (QED) is 0.536. The number of nitrogens with one attached hydrogen (secondary N) is 1. The van der Waals surface area contributed by atoms with E-state index in [2.05, 4.69) is 20.2 Å². The lowest BCUT2D eigenvalue weighted by Gasteiger charge is -2.27. The highest BCUT2D eigenvalue weighted by Gasteiger charge is 2.14. The van der Waals surface area contributed by atoms with Crippen LogP contribution >= 0.6 is 11.3 Å². The maximum atomic E-state index is 12.6. The van der Waals surface area contributed by atoms with Gasteiger partial charge in [-0.25, -0.2) is 9.97 Å². The smallest absolute Gasteiger partial charge is 0.230 e. The van der Waals surface area contributed by atoms with E-state index in [-0.39, 0.29) is 12.3 Å². The van der Waals surface area contributed by atoms with Crippen LogP contribution in [-0.2, 0) is 16.0 Å². The Balaban J connectivity index is 1.26. The standard InChI is InChI=1S/C22H21N5O2S/c28-21(24-17-6-7-20(23-13-17)26-8-10-29-11-9-26)12-18-15-30-22-25-19(14-27(18)22)16-4-2-1-3-5-16/h1-7,13-15H,8-12H2,(H,24,28). The van der Waals surface area contributed by atoms with Gasteiger partial charge in [-0.05, 0) is 12.1 Å². The highest BCUT2D eigenvalue weighted by molar-refractivity contribution is 7.15. The summed E-state index contributed by atoms with van der Waals surface area (Å²) in [4.78, 5) is 24.8. The number of hydrogen-bond acceptors (Lipinski definition) is 6. The van der Waals surface area contributed by atoms with Crippen LogP contribution in [-0.4, -0.2) is 46.6 Å². The highest BCUT2D eigenvalue weighted by Crippen LogP contribution is 2.24. The third-order valence-electron chi connectivity index (χ3n) is 5.06. The molecule has 3 aromatic heterocycles. The zero-order valence-electron chi connectivity index (χ0n) is 16.3. The minimum atomic E-state index is -0.0782. The van der Waals surface area contributed by atoms with Gasteiger partial charge in [0.05, 0.1) is 37.2 Å². The predicted molar refractivity (Wildman–Crippen MR) is 118 cm³/mol. The molecule has 0 bridgehead atoms. The van der Waals surface area contributed by atoms with Crippen molar-refractivity contribution in [1.82, 2.24) is 14.4 Å². The number of ether oxygens (including phenoxy) is 1. The molecule has 0 spiro atoms. The van der Waals surface area contributed by atoms with Gasteiger partial charge in [-0.15, -0.1) is 11.3 Å². The lowest BCUT2D eigenvalue weighted by atomic mass is 10.2. The summed E-state index contributed by atoms with van der Waals surface area (Å²) in [6, 6.07) is 13.9. The van der Waals surface area contributed by atoms with Crippen LogP contribution in [0.4, 0.5) is 11.5 Å². The van der Waals surface area contributed by atoms with Gasteiger partial charge >= 0.3 is 0 Å². The number of imidazole rings is 1. The summed E-state index contributed by atoms with van der Waals surface area (Å²) in [5, 5.41) is 4.92. The minimum absolute atomic E-state index is 0.0782. The monoisotopic (exact) mass is 419 g/mol. The van der Waals surface area contributed by atoms with Crippen LogP contribution in [0.1, 0.15) is 5.69 Å². The number of amides is 1. The van der Waals surface area contributed by atoms with E-state index in [1.807, 2.05) is 58.4 Å². The summed E-state index contributed by atoms with van der Waals surface area (Å²) < 4.78 is 7.36. The number of carbonyl (C=O) groups excluding carboxylic acids is 1. The number of hydrogen-bond donors (Lipinski definition) is 1. The van der Waals surface area contributed by atoms with Gasteiger partial charge in [0.25, 0.3) is 0 Å². The van der Waals surface area contributed by atoms with Gasteiger partial charge in [0.1, 0.15) is 5.82 Å². The maximum Gasteiger partial charge on any atom is 0.230 e. The van der Waals surface area contributed by atoms with Gasteiger partial charge in [0.15, 0.2) is 4.96 Å². The summed E-state index contributed by atoms with van der Waals surface area (Å²) >= 11 is 1.54. The number of carbonyl (C=O) groups is 1. The molecule has 0 radical (unpaired) electrons. The molecule has 30 heavy (non-hydrogen) atoms. The van der Waals surface area contributed by atoms with E-state index < -0.39 is 0 Å². The van der Waals surface area contributed by atoms with Crippen molar-refractivity contribution in [3.63, 3.8) is 0 Å². The number of morpholine rings is 1. The van der Waals surface area contributed by atoms with Gasteiger partial charge in [0.2, 0.25) is 5.91 Å². The molecular weight excluding hydrogens is 398 g/mol. The van der Waals surface area contributed by atoms with Gasteiger partial charge < -0.3 is 15.0 Å². The van der Waals surface area contributed by atoms with E-state index in [1.54, 1.807) is 6.20 Å². The number of anilines is 2. The number of aromatic nitrogens is 3. The largest absolute Gasteiger partial charge is 0.378 e. The first-order valence-electron chi connectivity index (χ1n) is 9.86. The van der Waals surface area contributed by atoms with Crippen LogP contribution in [0.5, 0.6) is 0 Å². The van der Waals surface area contributed by atoms with Crippen molar-refractivity contribution in [3.8, 4) is 11.3 Å². The Bertz CT molecular complexity index is 1150. The second-order valence-electron chi connectivity index (χ2n) is 7.10. The molecule has 1 fully saturated rings. The molecule has 7 nitrogen and oxygen atoms in total. The number of rotatable bonds is 5. The zero-order valence-corrected chi connectivity index (χ0v) is 17.1. The summed E-state index contributed by atoms with van der Waals surface area (Å²) in [6.07, 6.45) is 3.97. The highest BCUT2D eigenvalue weighted by atomic mass is 32.1. The number of nitrogens with zero attached hydrogens (tertiary/aromatic N) is 4. The number of thiazole rings is 1. The van der Waals surface area contributed by atoms with Crippen molar-refractivity contribution < 1.29 is 9.53 Å². The first-order chi connectivity index (χ1) is 14.8. The van der Waals surface area contributed by atoms with E-state index in [0.717, 1.165) is 54.0 Å². The molecule has 0 aliphatic carbocycles. The van der Waals surface area contributed by atoms with Crippen LogP contribution in [0.25, 0.3) is 16.2 Å². The predicted octanol–water partition coefficient (Wildman–Crippen LogP) is 3.48. The van der Waals surface area contributed by atoms with Crippen molar-refractivity contribution in [2.75, 3.05) is 36.5 Å². The average molecular weight is 420 g/mol. The lowest BCUT2D eigenvalue weighted by molar-refractivity contribution is -0.115. The molecule has 4 heterocycles. The molecule has 0 atom stereocenters. The molecule has 0 unspecified atom stereocenters. The second-order valence-corrected chi connectivity index (χ2v) is 7.94. The molecule has 1 saturated heterocycles. The van der Waals surface area contributed by atoms with Crippen LogP contribution in [0.2, 0.25) is 0 Å². The summed E-state index contributed by atoms with van der Waals surface area (Å²) in [7, 11) is 0. The van der Waals surface area contributed by atoms with Gasteiger partial charge in [0, 0.05) is 35.9 Å². The fourth-order valence-electron chi connectivity index (χ4n) is 3.51. The number of fused-ring (bicyclic) bond motifs is 1. The molecule has 1 aliphatic rings. The molecule has 8 heteroatoms. The fourth-order valence-corrected chi connectivity index (χ4v) is 4.39. The lowest BCUT2D eigenvalue weighted by Crippen LogP contribution is -2.36. The first kappa shape index (κ1) is 18.8. The molecule has 152 valence electrons. The third-order valence-corrected chi connectivity index (χ3v) is 5.95. The molecule has 1 aromatic carbocycles. The molecule has 0 saturated carbocycles. The second kappa shape index (κ2) is 8.25.